The minimum Gasteiger partial charge on any atom is -0.497 e. The predicted molar refractivity (Wildman–Crippen MR) is 118 cm³/mol. The molecule has 2 amide bonds. The fourth-order valence-electron chi connectivity index (χ4n) is 3.84. The quantitative estimate of drug-likeness (QED) is 0.634. The van der Waals surface area contributed by atoms with Gasteiger partial charge in [-0.3, -0.25) is 9.59 Å². The first-order chi connectivity index (χ1) is 15.1. The molecule has 3 aromatic rings. The normalized spacial score (nSPS) is 13.5. The molecule has 0 saturated heterocycles. The van der Waals surface area contributed by atoms with Crippen LogP contribution in [0, 0.1) is 0 Å². The van der Waals surface area contributed by atoms with Crippen molar-refractivity contribution < 1.29 is 19.1 Å². The topological polar surface area (TPSA) is 67.9 Å². The molecule has 6 nitrogen and oxygen atoms in total. The molecular weight excluding hydrogens is 392 g/mol. The molecule has 0 saturated carbocycles. The summed E-state index contributed by atoms with van der Waals surface area (Å²) in [6.45, 7) is 0.398. The van der Waals surface area contributed by atoms with Gasteiger partial charge in [0, 0.05) is 24.6 Å². The van der Waals surface area contributed by atoms with Crippen LogP contribution in [0.5, 0.6) is 11.5 Å². The Morgan fingerprint density at radius 1 is 1.00 bits per heavy atom. The van der Waals surface area contributed by atoms with Gasteiger partial charge in [0.2, 0.25) is 5.91 Å². The fourth-order valence-corrected chi connectivity index (χ4v) is 3.84. The van der Waals surface area contributed by atoms with Crippen LogP contribution in [-0.4, -0.2) is 37.0 Å². The summed E-state index contributed by atoms with van der Waals surface area (Å²) in [7, 11) is 3.10. The largest absolute Gasteiger partial charge is 0.497 e. The van der Waals surface area contributed by atoms with Crippen LogP contribution in [0.15, 0.2) is 72.8 Å². The summed E-state index contributed by atoms with van der Waals surface area (Å²) in [5, 5.41) is 2.94. The number of carbonyl (C=O) groups is 2. The molecule has 0 aliphatic carbocycles. The molecule has 1 aliphatic heterocycles. The van der Waals surface area contributed by atoms with Crippen molar-refractivity contribution in [1.82, 2.24) is 4.90 Å². The van der Waals surface area contributed by atoms with Gasteiger partial charge in [-0.25, -0.2) is 0 Å². The molecule has 6 heteroatoms. The Morgan fingerprint density at radius 2 is 1.74 bits per heavy atom. The van der Waals surface area contributed by atoms with E-state index >= 15 is 0 Å². The molecule has 3 aromatic carbocycles. The number of hydrogen-bond acceptors (Lipinski definition) is 4. The first kappa shape index (κ1) is 20.5. The van der Waals surface area contributed by atoms with Crippen molar-refractivity contribution in [3.8, 4) is 11.5 Å². The molecule has 4 rings (SSSR count). The number of anilines is 1. The molecular formula is C25H24N2O4. The zero-order chi connectivity index (χ0) is 21.8. The van der Waals surface area contributed by atoms with Crippen molar-refractivity contribution in [2.75, 3.05) is 19.5 Å². The summed E-state index contributed by atoms with van der Waals surface area (Å²) in [6.07, 6.45) is 0.401. The second-order valence-electron chi connectivity index (χ2n) is 7.35. The summed E-state index contributed by atoms with van der Waals surface area (Å²) in [5.74, 6) is 0.699. The van der Waals surface area contributed by atoms with Crippen molar-refractivity contribution in [2.24, 2.45) is 0 Å². The highest BCUT2D eigenvalue weighted by atomic mass is 16.5. The van der Waals surface area contributed by atoms with E-state index in [1.165, 1.54) is 0 Å². The summed E-state index contributed by atoms with van der Waals surface area (Å²) in [4.78, 5) is 28.2. The number of benzene rings is 3. The number of hydrogen-bond donors (Lipinski definition) is 1. The molecule has 1 atom stereocenters. The Labute approximate surface area is 181 Å². The number of ether oxygens (including phenoxy) is 2. The molecule has 31 heavy (non-hydrogen) atoms. The van der Waals surface area contributed by atoms with Gasteiger partial charge >= 0.3 is 0 Å². The second-order valence-corrected chi connectivity index (χ2v) is 7.35. The third-order valence-electron chi connectivity index (χ3n) is 5.46. The maximum absolute atomic E-state index is 13.5. The highest BCUT2D eigenvalue weighted by molar-refractivity contribution is 6.04. The minimum absolute atomic E-state index is 0.135. The Bertz CT molecular complexity index is 1100. The van der Waals surface area contributed by atoms with Gasteiger partial charge in [-0.2, -0.15) is 0 Å². The van der Waals surface area contributed by atoms with E-state index in [-0.39, 0.29) is 11.8 Å². The highest BCUT2D eigenvalue weighted by Crippen LogP contribution is 2.31. The predicted octanol–water partition coefficient (Wildman–Crippen LogP) is 3.91. The van der Waals surface area contributed by atoms with Crippen LogP contribution in [0.4, 0.5) is 5.69 Å². The van der Waals surface area contributed by atoms with E-state index in [9.17, 15) is 9.59 Å². The summed E-state index contributed by atoms with van der Waals surface area (Å²) in [5.41, 5.74) is 3.04. The first-order valence-electron chi connectivity index (χ1n) is 10.1. The van der Waals surface area contributed by atoms with E-state index in [1.54, 1.807) is 43.4 Å². The fraction of sp³-hybridized carbons (Fsp3) is 0.200. The maximum atomic E-state index is 13.5. The van der Waals surface area contributed by atoms with Crippen LogP contribution in [0.25, 0.3) is 0 Å². The van der Waals surface area contributed by atoms with Gasteiger partial charge in [0.25, 0.3) is 5.91 Å². The standard InChI is InChI=1S/C25H24N2O4/c1-30-19-12-13-23(31-2)21(15-19)26-24(28)22(14-17-8-4-3-5-9-17)27-16-18-10-6-7-11-20(18)25(27)29/h3-13,15,22H,14,16H2,1-2H3,(H,26,28)/t22-/m0/s1. The monoisotopic (exact) mass is 416 g/mol. The Hall–Kier alpha value is -3.80. The highest BCUT2D eigenvalue weighted by Gasteiger charge is 2.36. The van der Waals surface area contributed by atoms with Crippen molar-refractivity contribution in [1.29, 1.82) is 0 Å². The zero-order valence-corrected chi connectivity index (χ0v) is 17.5. The van der Waals surface area contributed by atoms with E-state index < -0.39 is 6.04 Å². The molecule has 0 fully saturated rings. The first-order valence-corrected chi connectivity index (χ1v) is 10.1. The number of nitrogens with zero attached hydrogens (tertiary/aromatic N) is 1. The molecule has 0 radical (unpaired) electrons. The van der Waals surface area contributed by atoms with Crippen LogP contribution in [0.1, 0.15) is 21.5 Å². The molecule has 0 unspecified atom stereocenters. The average Bonchev–Trinajstić information content (AvgIpc) is 3.14. The number of methoxy groups -OCH3 is 2. The van der Waals surface area contributed by atoms with Crippen molar-refractivity contribution in [2.45, 2.75) is 19.0 Å². The average molecular weight is 416 g/mol. The smallest absolute Gasteiger partial charge is 0.255 e. The van der Waals surface area contributed by atoms with Gasteiger partial charge in [0.15, 0.2) is 0 Å². The number of carbonyl (C=O) groups excluding carboxylic acids is 2. The van der Waals surface area contributed by atoms with Crippen LogP contribution in [-0.2, 0) is 17.8 Å². The van der Waals surface area contributed by atoms with Crippen LogP contribution in [0.2, 0.25) is 0 Å². The Morgan fingerprint density at radius 3 is 2.45 bits per heavy atom. The van der Waals surface area contributed by atoms with Gasteiger partial charge in [0.05, 0.1) is 19.9 Å². The van der Waals surface area contributed by atoms with E-state index in [2.05, 4.69) is 5.32 Å². The molecule has 0 bridgehead atoms. The lowest BCUT2D eigenvalue weighted by molar-refractivity contribution is -0.120. The molecule has 1 aliphatic rings. The molecule has 1 heterocycles. The van der Waals surface area contributed by atoms with E-state index in [1.807, 2.05) is 48.5 Å². The van der Waals surface area contributed by atoms with Crippen LogP contribution >= 0.6 is 0 Å². The number of rotatable bonds is 7. The van der Waals surface area contributed by atoms with Crippen molar-refractivity contribution in [3.05, 3.63) is 89.5 Å². The molecule has 0 spiro atoms. The zero-order valence-electron chi connectivity index (χ0n) is 17.5. The number of fused-ring (bicyclic) bond motifs is 1. The van der Waals surface area contributed by atoms with Crippen molar-refractivity contribution in [3.63, 3.8) is 0 Å². The Kier molecular flexibility index (Phi) is 5.89. The lowest BCUT2D eigenvalue weighted by Crippen LogP contribution is -2.45. The molecule has 158 valence electrons. The van der Waals surface area contributed by atoms with Gasteiger partial charge in [-0.05, 0) is 29.3 Å². The van der Waals surface area contributed by atoms with Gasteiger partial charge in [-0.15, -0.1) is 0 Å². The van der Waals surface area contributed by atoms with Crippen molar-refractivity contribution >= 4 is 17.5 Å². The van der Waals surface area contributed by atoms with Gasteiger partial charge in [-0.1, -0.05) is 48.5 Å². The maximum Gasteiger partial charge on any atom is 0.255 e. The van der Waals surface area contributed by atoms with E-state index in [0.717, 1.165) is 11.1 Å². The summed E-state index contributed by atoms with van der Waals surface area (Å²) >= 11 is 0. The lowest BCUT2D eigenvalue weighted by Gasteiger charge is -2.27. The summed E-state index contributed by atoms with van der Waals surface area (Å²) in [6, 6.07) is 21.7. The summed E-state index contributed by atoms with van der Waals surface area (Å²) < 4.78 is 10.7. The molecule has 0 aromatic heterocycles. The van der Waals surface area contributed by atoms with Gasteiger partial charge < -0.3 is 19.7 Å². The third kappa shape index (κ3) is 4.23. The van der Waals surface area contributed by atoms with Crippen LogP contribution < -0.4 is 14.8 Å². The second kappa shape index (κ2) is 8.92. The van der Waals surface area contributed by atoms with Gasteiger partial charge in [0.1, 0.15) is 17.5 Å². The van der Waals surface area contributed by atoms with Crippen LogP contribution in [0.3, 0.4) is 0 Å². The number of nitrogens with one attached hydrogen (secondary N) is 1. The SMILES string of the molecule is COc1ccc(OC)c(NC(=O)[C@H](Cc2ccccc2)N2Cc3ccccc3C2=O)c1. The van der Waals surface area contributed by atoms with E-state index in [0.29, 0.717) is 35.7 Å². The lowest BCUT2D eigenvalue weighted by atomic mass is 10.0. The van der Waals surface area contributed by atoms with E-state index in [4.69, 9.17) is 9.47 Å². The minimum atomic E-state index is -0.682. The number of amides is 2. The molecule has 1 N–H and O–H groups in total. The Balaban J connectivity index is 1.65. The third-order valence-corrected chi connectivity index (χ3v) is 5.46.